The van der Waals surface area contributed by atoms with Crippen LogP contribution in [0.5, 0.6) is 0 Å². The molecular formula is C17H26BrClN2. The van der Waals surface area contributed by atoms with E-state index < -0.39 is 0 Å². The molecule has 0 heterocycles. The minimum Gasteiger partial charge on any atom is -0.329 e. The van der Waals surface area contributed by atoms with Crippen molar-refractivity contribution in [3.8, 4) is 0 Å². The molecule has 0 aromatic heterocycles. The molecule has 2 rings (SSSR count). The van der Waals surface area contributed by atoms with Gasteiger partial charge in [0.2, 0.25) is 0 Å². The summed E-state index contributed by atoms with van der Waals surface area (Å²) in [4.78, 5) is 2.60. The van der Waals surface area contributed by atoms with Crippen molar-refractivity contribution in [2.24, 2.45) is 11.7 Å². The zero-order chi connectivity index (χ0) is 15.4. The fourth-order valence-electron chi connectivity index (χ4n) is 3.40. The zero-order valence-electron chi connectivity index (χ0n) is 13.0. The third-order valence-electron chi connectivity index (χ3n) is 4.31. The second-order valence-electron chi connectivity index (χ2n) is 6.45. The van der Waals surface area contributed by atoms with Crippen LogP contribution in [0.15, 0.2) is 22.7 Å². The molecule has 0 spiro atoms. The summed E-state index contributed by atoms with van der Waals surface area (Å²) in [6.07, 6.45) is 5.25. The van der Waals surface area contributed by atoms with Crippen LogP contribution in [0.4, 0.5) is 0 Å². The SMILES string of the molecule is CC(C)CN(C1CCCC1)C(CN)c1ccc(Br)cc1Cl. The number of halogens is 2. The molecule has 4 heteroatoms. The number of nitrogens with two attached hydrogens (primary N) is 1. The van der Waals surface area contributed by atoms with E-state index in [9.17, 15) is 0 Å². The maximum absolute atomic E-state index is 6.48. The number of hydrogen-bond acceptors (Lipinski definition) is 2. The van der Waals surface area contributed by atoms with Crippen LogP contribution in [0, 0.1) is 5.92 Å². The molecule has 21 heavy (non-hydrogen) atoms. The van der Waals surface area contributed by atoms with E-state index in [1.54, 1.807) is 0 Å². The molecule has 0 radical (unpaired) electrons. The Hall–Kier alpha value is -0.0900. The van der Waals surface area contributed by atoms with Crippen LogP contribution < -0.4 is 5.73 Å². The van der Waals surface area contributed by atoms with Crippen LogP contribution in [0.25, 0.3) is 0 Å². The Morgan fingerprint density at radius 3 is 2.52 bits per heavy atom. The summed E-state index contributed by atoms with van der Waals surface area (Å²) in [7, 11) is 0. The molecular weight excluding hydrogens is 348 g/mol. The highest BCUT2D eigenvalue weighted by molar-refractivity contribution is 9.10. The van der Waals surface area contributed by atoms with E-state index >= 15 is 0 Å². The minimum absolute atomic E-state index is 0.219. The van der Waals surface area contributed by atoms with Gasteiger partial charge in [0.05, 0.1) is 0 Å². The lowest BCUT2D eigenvalue weighted by Crippen LogP contribution is -2.42. The molecule has 1 aromatic carbocycles. The molecule has 0 aliphatic heterocycles. The van der Waals surface area contributed by atoms with Gasteiger partial charge in [0, 0.05) is 34.7 Å². The Labute approximate surface area is 142 Å². The van der Waals surface area contributed by atoms with Gasteiger partial charge in [-0.05, 0) is 36.5 Å². The molecule has 1 aliphatic rings. The molecule has 0 bridgehead atoms. The van der Waals surface area contributed by atoms with Crippen molar-refractivity contribution in [3.05, 3.63) is 33.3 Å². The topological polar surface area (TPSA) is 29.3 Å². The summed E-state index contributed by atoms with van der Waals surface area (Å²) < 4.78 is 1.02. The third kappa shape index (κ3) is 4.44. The van der Waals surface area contributed by atoms with Gasteiger partial charge >= 0.3 is 0 Å². The maximum atomic E-state index is 6.48. The van der Waals surface area contributed by atoms with E-state index in [4.69, 9.17) is 17.3 Å². The van der Waals surface area contributed by atoms with E-state index in [1.807, 2.05) is 6.07 Å². The standard InChI is InChI=1S/C17H26BrClN2/c1-12(2)11-21(14-5-3-4-6-14)17(10-20)15-8-7-13(18)9-16(15)19/h7-9,12,14,17H,3-6,10-11,20H2,1-2H3. The van der Waals surface area contributed by atoms with Crippen molar-refractivity contribution in [2.75, 3.05) is 13.1 Å². The molecule has 0 amide bonds. The van der Waals surface area contributed by atoms with Crippen LogP contribution in [0.3, 0.4) is 0 Å². The fraction of sp³-hybridized carbons (Fsp3) is 0.647. The lowest BCUT2D eigenvalue weighted by Gasteiger charge is -2.38. The lowest BCUT2D eigenvalue weighted by atomic mass is 10.0. The van der Waals surface area contributed by atoms with Crippen LogP contribution in [-0.2, 0) is 0 Å². The molecule has 1 aromatic rings. The first-order valence-corrected chi connectivity index (χ1v) is 9.10. The summed E-state index contributed by atoms with van der Waals surface area (Å²) in [5.74, 6) is 0.633. The van der Waals surface area contributed by atoms with Gasteiger partial charge in [0.25, 0.3) is 0 Å². The van der Waals surface area contributed by atoms with E-state index in [-0.39, 0.29) is 6.04 Å². The van der Waals surface area contributed by atoms with Crippen LogP contribution in [0.1, 0.15) is 51.1 Å². The summed E-state index contributed by atoms with van der Waals surface area (Å²) >= 11 is 9.96. The van der Waals surface area contributed by atoms with Gasteiger partial charge in [0.15, 0.2) is 0 Å². The minimum atomic E-state index is 0.219. The maximum Gasteiger partial charge on any atom is 0.0488 e. The molecule has 1 atom stereocenters. The predicted octanol–water partition coefficient (Wildman–Crippen LogP) is 5.00. The highest BCUT2D eigenvalue weighted by atomic mass is 79.9. The molecule has 118 valence electrons. The van der Waals surface area contributed by atoms with Crippen LogP contribution >= 0.6 is 27.5 Å². The number of hydrogen-bond donors (Lipinski definition) is 1. The van der Waals surface area contributed by atoms with Crippen molar-refractivity contribution >= 4 is 27.5 Å². The summed E-state index contributed by atoms with van der Waals surface area (Å²) in [5, 5.41) is 0.812. The molecule has 1 fully saturated rings. The number of rotatable bonds is 6. The summed E-state index contributed by atoms with van der Waals surface area (Å²) in [5.41, 5.74) is 7.31. The van der Waals surface area contributed by atoms with Gasteiger partial charge in [-0.15, -0.1) is 0 Å². The first-order chi connectivity index (χ1) is 10.0. The van der Waals surface area contributed by atoms with Crippen molar-refractivity contribution in [1.29, 1.82) is 0 Å². The Bertz CT molecular complexity index is 458. The summed E-state index contributed by atoms with van der Waals surface area (Å²) in [6.45, 7) is 6.25. The van der Waals surface area contributed by atoms with Crippen LogP contribution in [-0.4, -0.2) is 24.0 Å². The van der Waals surface area contributed by atoms with Gasteiger partial charge < -0.3 is 5.73 Å². The summed E-state index contributed by atoms with van der Waals surface area (Å²) in [6, 6.07) is 7.02. The van der Waals surface area contributed by atoms with E-state index in [0.29, 0.717) is 18.5 Å². The predicted molar refractivity (Wildman–Crippen MR) is 94.7 cm³/mol. The molecule has 1 aliphatic carbocycles. The zero-order valence-corrected chi connectivity index (χ0v) is 15.3. The molecule has 1 unspecified atom stereocenters. The largest absolute Gasteiger partial charge is 0.329 e. The number of nitrogens with zero attached hydrogens (tertiary/aromatic N) is 1. The van der Waals surface area contributed by atoms with E-state index in [0.717, 1.165) is 21.6 Å². The van der Waals surface area contributed by atoms with Gasteiger partial charge in [-0.2, -0.15) is 0 Å². The van der Waals surface area contributed by atoms with Crippen molar-refractivity contribution in [3.63, 3.8) is 0 Å². The number of benzene rings is 1. The van der Waals surface area contributed by atoms with E-state index in [1.165, 1.54) is 25.7 Å². The normalized spacial score (nSPS) is 17.9. The first kappa shape index (κ1) is 17.3. The highest BCUT2D eigenvalue weighted by Crippen LogP contribution is 2.35. The molecule has 2 N–H and O–H groups in total. The van der Waals surface area contributed by atoms with E-state index in [2.05, 4.69) is 46.8 Å². The smallest absolute Gasteiger partial charge is 0.0488 e. The van der Waals surface area contributed by atoms with Crippen molar-refractivity contribution < 1.29 is 0 Å². The molecule has 2 nitrogen and oxygen atoms in total. The van der Waals surface area contributed by atoms with Crippen molar-refractivity contribution in [1.82, 2.24) is 4.90 Å². The third-order valence-corrected chi connectivity index (χ3v) is 5.14. The molecule has 1 saturated carbocycles. The fourth-order valence-corrected chi connectivity index (χ4v) is 4.20. The Kier molecular flexibility index (Phi) is 6.54. The average Bonchev–Trinajstić information content (AvgIpc) is 2.94. The quantitative estimate of drug-likeness (QED) is 0.760. The first-order valence-electron chi connectivity index (χ1n) is 7.93. The monoisotopic (exact) mass is 372 g/mol. The lowest BCUT2D eigenvalue weighted by molar-refractivity contribution is 0.121. The van der Waals surface area contributed by atoms with Gasteiger partial charge in [0.1, 0.15) is 0 Å². The second kappa shape index (κ2) is 7.96. The highest BCUT2D eigenvalue weighted by Gasteiger charge is 2.30. The van der Waals surface area contributed by atoms with Crippen LogP contribution in [0.2, 0.25) is 5.02 Å². The molecule has 0 saturated heterocycles. The second-order valence-corrected chi connectivity index (χ2v) is 7.77. The Balaban J connectivity index is 2.29. The average molecular weight is 374 g/mol. The Morgan fingerprint density at radius 2 is 2.00 bits per heavy atom. The van der Waals surface area contributed by atoms with Gasteiger partial charge in [-0.25, -0.2) is 0 Å². The van der Waals surface area contributed by atoms with Crippen molar-refractivity contribution in [2.45, 2.75) is 51.6 Å². The Morgan fingerprint density at radius 1 is 1.33 bits per heavy atom. The van der Waals surface area contributed by atoms with Gasteiger partial charge in [-0.3, -0.25) is 4.90 Å². The van der Waals surface area contributed by atoms with Gasteiger partial charge in [-0.1, -0.05) is 60.3 Å².